The van der Waals surface area contributed by atoms with Crippen molar-refractivity contribution >= 4 is 40.0 Å². The second-order valence-electron chi connectivity index (χ2n) is 6.39. The van der Waals surface area contributed by atoms with Crippen LogP contribution >= 0.6 is 24.0 Å². The van der Waals surface area contributed by atoms with Gasteiger partial charge in [-0.1, -0.05) is 30.3 Å². The number of guanidine groups is 1. The number of halogens is 2. The molecule has 0 aliphatic heterocycles. The molecule has 0 spiro atoms. The van der Waals surface area contributed by atoms with Crippen LogP contribution in [0, 0.1) is 5.82 Å². The lowest BCUT2D eigenvalue weighted by molar-refractivity contribution is 0.520. The van der Waals surface area contributed by atoms with E-state index in [0.29, 0.717) is 37.6 Å². The molecular weight excluding hydrogens is 506 g/mol. The summed E-state index contributed by atoms with van der Waals surface area (Å²) in [5, 5.41) is 6.33. The van der Waals surface area contributed by atoms with Crippen molar-refractivity contribution in [2.75, 3.05) is 27.2 Å². The summed E-state index contributed by atoms with van der Waals surface area (Å²) in [5.41, 5.74) is 1.55. The van der Waals surface area contributed by atoms with Gasteiger partial charge >= 0.3 is 0 Å². The molecule has 0 amide bonds. The molecule has 0 atom stereocenters. The van der Waals surface area contributed by atoms with Gasteiger partial charge in [-0.2, -0.15) is 0 Å². The highest BCUT2D eigenvalue weighted by Gasteiger charge is 2.16. The van der Waals surface area contributed by atoms with Gasteiger partial charge in [0.05, 0.1) is 11.4 Å². The standard InChI is InChI=1S/C20H27FN4O2S.HI/c1-4-22-20(23-14-13-17-7-5-6-8-19(17)21)24-15-16-9-11-18(12-10-16)28(26,27)25(2)3;/h5-12H,4,13-15H2,1-3H3,(H2,22,23,24);1H. The van der Waals surface area contributed by atoms with Crippen LogP contribution in [0.25, 0.3) is 0 Å². The fourth-order valence-electron chi connectivity index (χ4n) is 2.51. The lowest BCUT2D eigenvalue weighted by Crippen LogP contribution is -2.38. The van der Waals surface area contributed by atoms with E-state index >= 15 is 0 Å². The molecule has 160 valence electrons. The van der Waals surface area contributed by atoms with Crippen LogP contribution in [0.4, 0.5) is 4.39 Å². The largest absolute Gasteiger partial charge is 0.357 e. The SMILES string of the molecule is CCNC(=NCc1ccc(S(=O)(=O)N(C)C)cc1)NCCc1ccccc1F.I. The number of nitrogens with zero attached hydrogens (tertiary/aromatic N) is 2. The minimum atomic E-state index is -3.43. The first-order chi connectivity index (χ1) is 13.3. The van der Waals surface area contributed by atoms with Crippen molar-refractivity contribution in [1.29, 1.82) is 0 Å². The molecule has 0 aromatic heterocycles. The second kappa shape index (κ2) is 12.1. The Morgan fingerprint density at radius 1 is 1.07 bits per heavy atom. The number of rotatable bonds is 8. The molecule has 0 fully saturated rings. The maximum atomic E-state index is 13.7. The molecule has 0 heterocycles. The van der Waals surface area contributed by atoms with E-state index in [0.717, 1.165) is 5.56 Å². The van der Waals surface area contributed by atoms with Crippen molar-refractivity contribution in [3.8, 4) is 0 Å². The highest BCUT2D eigenvalue weighted by Crippen LogP contribution is 2.14. The van der Waals surface area contributed by atoms with Gasteiger partial charge in [0.1, 0.15) is 5.82 Å². The Hall–Kier alpha value is -1.72. The normalized spacial score (nSPS) is 11.8. The molecule has 29 heavy (non-hydrogen) atoms. The van der Waals surface area contributed by atoms with Crippen LogP contribution in [0.1, 0.15) is 18.1 Å². The molecule has 6 nitrogen and oxygen atoms in total. The van der Waals surface area contributed by atoms with E-state index in [1.54, 1.807) is 36.4 Å². The van der Waals surface area contributed by atoms with Crippen LogP contribution in [0.3, 0.4) is 0 Å². The van der Waals surface area contributed by atoms with Crippen molar-refractivity contribution in [2.24, 2.45) is 4.99 Å². The van der Waals surface area contributed by atoms with Gasteiger partial charge < -0.3 is 10.6 Å². The van der Waals surface area contributed by atoms with Crippen molar-refractivity contribution < 1.29 is 12.8 Å². The summed E-state index contributed by atoms with van der Waals surface area (Å²) in [6.07, 6.45) is 0.550. The zero-order valence-electron chi connectivity index (χ0n) is 16.9. The van der Waals surface area contributed by atoms with Crippen LogP contribution < -0.4 is 10.6 Å². The summed E-state index contributed by atoms with van der Waals surface area (Å²) in [7, 11) is -0.427. The molecule has 0 aliphatic rings. The molecule has 2 rings (SSSR count). The van der Waals surface area contributed by atoms with Crippen molar-refractivity contribution in [1.82, 2.24) is 14.9 Å². The number of sulfonamides is 1. The molecule has 0 aliphatic carbocycles. The minimum absolute atomic E-state index is 0. The van der Waals surface area contributed by atoms with Crippen molar-refractivity contribution in [2.45, 2.75) is 24.8 Å². The van der Waals surface area contributed by atoms with Gasteiger partial charge in [0.2, 0.25) is 10.0 Å². The maximum absolute atomic E-state index is 13.7. The number of benzene rings is 2. The van der Waals surface area contributed by atoms with Crippen LogP contribution in [-0.4, -0.2) is 45.9 Å². The van der Waals surface area contributed by atoms with Crippen LogP contribution in [0.5, 0.6) is 0 Å². The fourth-order valence-corrected chi connectivity index (χ4v) is 3.41. The third-order valence-corrected chi connectivity index (χ3v) is 5.94. The molecule has 0 saturated heterocycles. The van der Waals surface area contributed by atoms with E-state index in [1.165, 1.54) is 24.5 Å². The first-order valence-electron chi connectivity index (χ1n) is 9.11. The molecule has 2 aromatic carbocycles. The first-order valence-corrected chi connectivity index (χ1v) is 10.6. The molecule has 0 saturated carbocycles. The molecular formula is C20H28FIN4O2S. The van der Waals surface area contributed by atoms with Gasteiger partial charge in [0.25, 0.3) is 0 Å². The lowest BCUT2D eigenvalue weighted by Gasteiger charge is -2.12. The minimum Gasteiger partial charge on any atom is -0.357 e. The second-order valence-corrected chi connectivity index (χ2v) is 8.55. The van der Waals surface area contributed by atoms with Crippen LogP contribution in [0.2, 0.25) is 0 Å². The summed E-state index contributed by atoms with van der Waals surface area (Å²) >= 11 is 0. The molecule has 2 aromatic rings. The zero-order valence-corrected chi connectivity index (χ0v) is 20.0. The predicted molar refractivity (Wildman–Crippen MR) is 126 cm³/mol. The molecule has 0 radical (unpaired) electrons. The molecule has 0 unspecified atom stereocenters. The predicted octanol–water partition coefficient (Wildman–Crippen LogP) is 2.99. The summed E-state index contributed by atoms with van der Waals surface area (Å²) < 4.78 is 39.1. The Bertz CT molecular complexity index is 903. The summed E-state index contributed by atoms with van der Waals surface area (Å²) in [4.78, 5) is 4.76. The molecule has 9 heteroatoms. The quantitative estimate of drug-likeness (QED) is 0.311. The third-order valence-electron chi connectivity index (χ3n) is 4.11. The van der Waals surface area contributed by atoms with Crippen LogP contribution in [-0.2, 0) is 23.0 Å². The Morgan fingerprint density at radius 3 is 2.31 bits per heavy atom. The first kappa shape index (κ1) is 25.3. The van der Waals surface area contributed by atoms with Crippen molar-refractivity contribution in [3.63, 3.8) is 0 Å². The fraction of sp³-hybridized carbons (Fsp3) is 0.350. The van der Waals surface area contributed by atoms with E-state index in [-0.39, 0.29) is 34.7 Å². The molecule has 0 bridgehead atoms. The van der Waals surface area contributed by atoms with Gasteiger partial charge in [0.15, 0.2) is 5.96 Å². The third kappa shape index (κ3) is 7.56. The highest BCUT2D eigenvalue weighted by atomic mass is 127. The molecule has 2 N–H and O–H groups in total. The summed E-state index contributed by atoms with van der Waals surface area (Å²) in [6.45, 7) is 3.62. The smallest absolute Gasteiger partial charge is 0.242 e. The highest BCUT2D eigenvalue weighted by molar-refractivity contribution is 14.0. The Kier molecular flexibility index (Phi) is 10.5. The van der Waals surface area contributed by atoms with Gasteiger partial charge in [0, 0.05) is 27.2 Å². The van der Waals surface area contributed by atoms with E-state index < -0.39 is 10.0 Å². The van der Waals surface area contributed by atoms with Gasteiger partial charge in [-0.15, -0.1) is 24.0 Å². The van der Waals surface area contributed by atoms with Crippen LogP contribution in [0.15, 0.2) is 58.4 Å². The average molecular weight is 534 g/mol. The monoisotopic (exact) mass is 534 g/mol. The summed E-state index contributed by atoms with van der Waals surface area (Å²) in [5.74, 6) is 0.419. The van der Waals surface area contributed by atoms with E-state index in [2.05, 4.69) is 15.6 Å². The van der Waals surface area contributed by atoms with Crippen molar-refractivity contribution in [3.05, 3.63) is 65.5 Å². The lowest BCUT2D eigenvalue weighted by atomic mass is 10.1. The van der Waals surface area contributed by atoms with Gasteiger partial charge in [-0.05, 0) is 42.7 Å². The topological polar surface area (TPSA) is 73.8 Å². The number of aliphatic imine (C=N–C) groups is 1. The average Bonchev–Trinajstić information content (AvgIpc) is 2.67. The Balaban J connectivity index is 0.00000420. The van der Waals surface area contributed by atoms with Gasteiger partial charge in [-0.3, -0.25) is 0 Å². The van der Waals surface area contributed by atoms with Gasteiger partial charge in [-0.25, -0.2) is 22.1 Å². The number of hydrogen-bond donors (Lipinski definition) is 2. The van der Waals surface area contributed by atoms with E-state index in [9.17, 15) is 12.8 Å². The number of nitrogens with one attached hydrogen (secondary N) is 2. The number of hydrogen-bond acceptors (Lipinski definition) is 3. The Morgan fingerprint density at radius 2 is 1.72 bits per heavy atom. The van der Waals surface area contributed by atoms with E-state index in [4.69, 9.17) is 0 Å². The zero-order chi connectivity index (χ0) is 20.6. The Labute approximate surface area is 189 Å². The van der Waals surface area contributed by atoms with E-state index in [1.807, 2.05) is 13.0 Å². The summed E-state index contributed by atoms with van der Waals surface area (Å²) in [6, 6.07) is 13.4. The maximum Gasteiger partial charge on any atom is 0.242 e.